The minimum atomic E-state index is -0.994. The summed E-state index contributed by atoms with van der Waals surface area (Å²) < 4.78 is 0. The number of amides is 4. The van der Waals surface area contributed by atoms with Crippen LogP contribution in [0.3, 0.4) is 0 Å². The second-order valence-electron chi connectivity index (χ2n) is 32.0. The van der Waals surface area contributed by atoms with Gasteiger partial charge in [0.15, 0.2) is 23.1 Å². The third-order valence-electron chi connectivity index (χ3n) is 25.3. The van der Waals surface area contributed by atoms with E-state index in [9.17, 15) is 43.5 Å². The van der Waals surface area contributed by atoms with Crippen LogP contribution in [-0.4, -0.2) is 215 Å². The van der Waals surface area contributed by atoms with Gasteiger partial charge < -0.3 is 34.5 Å². The Kier molecular flexibility index (Phi) is 22.3. The molecule has 10 heterocycles. The first-order chi connectivity index (χ1) is 52.4. The number of fused-ring (bicyclic) bond motifs is 4. The number of carboxylic acid groups (broad SMARTS) is 1. The first-order valence-corrected chi connectivity index (χ1v) is 39.5. The monoisotopic (exact) mass is 1460 g/mol. The molecule has 10 aliphatic rings. The molecule has 0 spiro atoms. The number of carbonyl (C=O) groups is 8. The first kappa shape index (κ1) is 73.8. The van der Waals surface area contributed by atoms with Crippen molar-refractivity contribution >= 4 is 104 Å². The van der Waals surface area contributed by atoms with Crippen LogP contribution in [0.2, 0.25) is 0 Å². The number of likely N-dealkylation sites (tertiary alicyclic amines) is 6. The summed E-state index contributed by atoms with van der Waals surface area (Å²) in [5, 5.41) is 42.4. The van der Waals surface area contributed by atoms with E-state index in [1.165, 1.54) is 0 Å². The Morgan fingerprint density at radius 1 is 0.463 bits per heavy atom. The number of H-pyrrole nitrogens is 2. The van der Waals surface area contributed by atoms with Crippen LogP contribution in [0.1, 0.15) is 154 Å². The van der Waals surface area contributed by atoms with Crippen LogP contribution in [0.15, 0.2) is 117 Å². The third-order valence-corrected chi connectivity index (χ3v) is 25.3. The number of rotatable bonds is 18. The van der Waals surface area contributed by atoms with Gasteiger partial charge >= 0.3 is 5.97 Å². The van der Waals surface area contributed by atoms with Gasteiger partial charge in [0.05, 0.1) is 41.0 Å². The lowest BCUT2D eigenvalue weighted by Crippen LogP contribution is -2.51. The molecule has 4 amide bonds. The van der Waals surface area contributed by atoms with Gasteiger partial charge in [0.1, 0.15) is 5.71 Å². The van der Waals surface area contributed by atoms with E-state index in [1.54, 1.807) is 13.1 Å². The summed E-state index contributed by atoms with van der Waals surface area (Å²) in [5.74, 6) is -0.470. The highest BCUT2D eigenvalue weighted by Crippen LogP contribution is 2.37. The first-order valence-electron chi connectivity index (χ1n) is 39.5. The molecule has 23 heteroatoms. The Balaban J connectivity index is 0.000000172. The summed E-state index contributed by atoms with van der Waals surface area (Å²) in [6.45, 7) is 14.5. The number of carbonyl (C=O) groups excluding carboxylic acids is 7. The lowest BCUT2D eigenvalue weighted by molar-refractivity contribution is -0.143. The van der Waals surface area contributed by atoms with Crippen LogP contribution in [0.4, 0.5) is 0 Å². The van der Waals surface area contributed by atoms with Crippen molar-refractivity contribution in [2.45, 2.75) is 161 Å². The number of nitrogens with one attached hydrogen (secondary N) is 2. The normalized spacial score (nSPS) is 21.1. The van der Waals surface area contributed by atoms with Crippen molar-refractivity contribution in [2.24, 2.45) is 55.9 Å². The number of Topliss-reactive ketones (excluding diaryl/α,β-unsaturated/α-hetero) is 3. The Labute approximate surface area is 630 Å². The molecule has 6 aromatic rings. The van der Waals surface area contributed by atoms with Crippen LogP contribution in [0, 0.1) is 49.4 Å². The van der Waals surface area contributed by atoms with Gasteiger partial charge in [-0.15, -0.1) is 5.10 Å². The van der Waals surface area contributed by atoms with Gasteiger partial charge in [-0.3, -0.25) is 43.8 Å². The minimum Gasteiger partial charge on any atom is -0.477 e. The molecule has 4 aromatic carbocycles. The number of aryl methyl sites for hydroxylation is 2. The lowest BCUT2D eigenvalue weighted by Gasteiger charge is -2.42. The van der Waals surface area contributed by atoms with Crippen molar-refractivity contribution < 1.29 is 43.5 Å². The van der Waals surface area contributed by atoms with E-state index in [4.69, 9.17) is 0 Å². The van der Waals surface area contributed by atoms with E-state index in [0.717, 1.165) is 192 Å². The second-order valence-corrected chi connectivity index (χ2v) is 32.0. The molecule has 2 atom stereocenters. The van der Waals surface area contributed by atoms with Gasteiger partial charge in [-0.25, -0.2) is 4.79 Å². The third kappa shape index (κ3) is 16.5. The van der Waals surface area contributed by atoms with Crippen molar-refractivity contribution in [2.75, 3.05) is 78.5 Å². The molecule has 6 fully saturated rings. The molecule has 0 bridgehead atoms. The maximum Gasteiger partial charge on any atom is 0.352 e. The Morgan fingerprint density at radius 3 is 1.23 bits per heavy atom. The highest BCUT2D eigenvalue weighted by atomic mass is 16.4. The van der Waals surface area contributed by atoms with Gasteiger partial charge in [0.25, 0.3) is 0 Å². The maximum atomic E-state index is 14.4. The molecule has 2 aliphatic carbocycles. The summed E-state index contributed by atoms with van der Waals surface area (Å²) in [6.07, 6.45) is 21.4. The maximum absolute atomic E-state index is 14.4. The molecule has 0 unspecified atom stereocenters. The number of aliphatic carboxylic acids is 1. The zero-order valence-corrected chi connectivity index (χ0v) is 62.6. The Morgan fingerprint density at radius 2 is 0.843 bits per heavy atom. The zero-order chi connectivity index (χ0) is 74.7. The number of ketones is 3. The topological polar surface area (TPSA) is 283 Å². The van der Waals surface area contributed by atoms with E-state index < -0.39 is 17.8 Å². The highest BCUT2D eigenvalue weighted by Gasteiger charge is 2.40. The van der Waals surface area contributed by atoms with E-state index in [1.807, 2.05) is 76.0 Å². The van der Waals surface area contributed by atoms with Crippen LogP contribution < -0.4 is 0 Å². The molecule has 8 aliphatic heterocycles. The molecule has 564 valence electrons. The average molecular weight is 1460 g/mol. The SMILES string of the molecule is CC(=O)C1=NN=C(C2CCN(C3CCN(C(=O)[C@H](CC(=O)N4CCC(C5=Cc6ccccc6CC5=O)CC4)Cc4cc(C)c5[nH]ncc5c4)CC3)CC2)C1.Cc1cc(C[C@@H](CC(=O)N2CCC(C3=Cc4ccccc4CC3=O)CC2)C(=O)N2CCC(N3CCC(C4=NN=C(C(=O)O)C4)CC3)CC2)cc2cn[nH]c12. The van der Waals surface area contributed by atoms with Crippen LogP contribution in [0.25, 0.3) is 34.0 Å². The van der Waals surface area contributed by atoms with Gasteiger partial charge in [0, 0.05) is 138 Å². The number of benzene rings is 4. The average Bonchev–Trinajstić information content (AvgIpc) is 1.65. The summed E-state index contributed by atoms with van der Waals surface area (Å²) in [7, 11) is 0. The highest BCUT2D eigenvalue weighted by molar-refractivity contribution is 6.43. The molecular formula is C85H100N14O9. The predicted molar refractivity (Wildman–Crippen MR) is 415 cm³/mol. The van der Waals surface area contributed by atoms with E-state index in [2.05, 4.69) is 99.2 Å². The van der Waals surface area contributed by atoms with Gasteiger partial charge in [0.2, 0.25) is 23.6 Å². The number of aromatic nitrogens is 4. The predicted octanol–water partition coefficient (Wildman–Crippen LogP) is 10.2. The fourth-order valence-corrected chi connectivity index (χ4v) is 19.0. The van der Waals surface area contributed by atoms with E-state index in [0.29, 0.717) is 115 Å². The number of allylic oxidation sites excluding steroid dienone is 2. The van der Waals surface area contributed by atoms with Crippen molar-refractivity contribution in [1.82, 2.24) is 49.8 Å². The number of carboxylic acids is 1. The quantitative estimate of drug-likeness (QED) is 0.0723. The molecule has 6 saturated heterocycles. The van der Waals surface area contributed by atoms with Crippen LogP contribution in [0.5, 0.6) is 0 Å². The number of piperidine rings is 6. The standard InChI is InChI=1S/C43H51N7O4.C42H49N7O5/c1-27-19-29(21-35-26-44-47-42(27)35)20-34(24-41(53)49-15-7-30(8-16-49)37-22-32-5-3-4-6-33(32)23-40(37)52)43(54)50-17-11-36(12-18-50)48-13-9-31(10-14-48)39-25-38(28(2)51)45-46-39;1-26-18-27(20-33-25-43-46-40(26)33)19-32(23-39(51)48-14-6-28(7-15-48)35-21-30-4-2-3-5-31(30)22-38(35)50)41(52)49-16-10-34(11-17-49)47-12-8-29(9-13-47)36-24-37(42(53)54)45-44-36/h3-6,19,21-22,26,30-31,34,36H,7-18,20,23-25H2,1-2H3,(H,44,47);2-5,18,20-21,25,28-29,32,34H,6-17,19,22-24H2,1H3,(H,43,46)(H,53,54)/t34-;32-/m00/s1. The summed E-state index contributed by atoms with van der Waals surface area (Å²) >= 11 is 0. The van der Waals surface area contributed by atoms with Crippen molar-refractivity contribution in [1.29, 1.82) is 0 Å². The van der Waals surface area contributed by atoms with Gasteiger partial charge in [-0.2, -0.15) is 25.5 Å². The van der Waals surface area contributed by atoms with E-state index >= 15 is 0 Å². The number of hydrogen-bond acceptors (Lipinski definition) is 16. The molecule has 3 N–H and O–H groups in total. The molecular weight excluding hydrogens is 1360 g/mol. The van der Waals surface area contributed by atoms with Gasteiger partial charge in [-0.1, -0.05) is 60.7 Å². The smallest absolute Gasteiger partial charge is 0.352 e. The van der Waals surface area contributed by atoms with Crippen LogP contribution >= 0.6 is 0 Å². The Bertz CT molecular complexity index is 4370. The fraction of sp³-hybridized carbons (Fsp3) is 0.506. The molecule has 0 radical (unpaired) electrons. The molecule has 23 nitrogen and oxygen atoms in total. The van der Waals surface area contributed by atoms with Crippen molar-refractivity contribution in [3.8, 4) is 0 Å². The fourth-order valence-electron chi connectivity index (χ4n) is 19.0. The summed E-state index contributed by atoms with van der Waals surface area (Å²) in [6, 6.07) is 25.4. The lowest BCUT2D eigenvalue weighted by atomic mass is 9.80. The second kappa shape index (κ2) is 32.6. The summed E-state index contributed by atoms with van der Waals surface area (Å²) in [5.41, 5.74) is 15.0. The van der Waals surface area contributed by atoms with Crippen molar-refractivity contribution in [3.05, 3.63) is 141 Å². The molecule has 108 heavy (non-hydrogen) atoms. The number of nitrogens with zero attached hydrogens (tertiary/aromatic N) is 12. The minimum absolute atomic E-state index is 0.00610. The number of hydrogen-bond donors (Lipinski definition) is 3. The Hall–Kier alpha value is -9.74. The zero-order valence-electron chi connectivity index (χ0n) is 62.6. The number of aromatic amines is 2. The van der Waals surface area contributed by atoms with Crippen molar-refractivity contribution in [3.63, 3.8) is 0 Å². The molecule has 2 aromatic heterocycles. The van der Waals surface area contributed by atoms with Crippen LogP contribution in [-0.2, 0) is 64.0 Å². The largest absolute Gasteiger partial charge is 0.477 e. The van der Waals surface area contributed by atoms with Gasteiger partial charge in [-0.05, 0) is 222 Å². The van der Waals surface area contributed by atoms with E-state index in [-0.39, 0.29) is 77.3 Å². The molecule has 16 rings (SSSR count). The summed E-state index contributed by atoms with van der Waals surface area (Å²) in [4.78, 5) is 119. The molecule has 0 saturated carbocycles.